The summed E-state index contributed by atoms with van der Waals surface area (Å²) in [7, 11) is 4.14. The van der Waals surface area contributed by atoms with E-state index in [-0.39, 0.29) is 11.2 Å². The van der Waals surface area contributed by atoms with E-state index in [2.05, 4.69) is 55.4 Å². The van der Waals surface area contributed by atoms with Crippen molar-refractivity contribution in [1.82, 2.24) is 15.5 Å². The van der Waals surface area contributed by atoms with E-state index in [0.717, 1.165) is 37.6 Å². The van der Waals surface area contributed by atoms with Crippen LogP contribution in [0.25, 0.3) is 0 Å². The highest BCUT2D eigenvalue weighted by atomic mass is 19.1. The minimum absolute atomic E-state index is 0.201. The molecule has 1 aromatic rings. The fourth-order valence-electron chi connectivity index (χ4n) is 2.22. The second-order valence-electron chi connectivity index (χ2n) is 6.67. The van der Waals surface area contributed by atoms with Crippen molar-refractivity contribution < 1.29 is 4.39 Å². The van der Waals surface area contributed by atoms with Crippen LogP contribution in [-0.2, 0) is 5.41 Å². The highest BCUT2D eigenvalue weighted by Crippen LogP contribution is 2.24. The average Bonchev–Trinajstić information content (AvgIpc) is 2.49. The summed E-state index contributed by atoms with van der Waals surface area (Å²) in [5.41, 5.74) is 0.748. The Morgan fingerprint density at radius 3 is 2.61 bits per heavy atom. The molecule has 0 bridgehead atoms. The van der Waals surface area contributed by atoms with E-state index in [1.54, 1.807) is 12.1 Å². The highest BCUT2D eigenvalue weighted by Gasteiger charge is 2.20. The van der Waals surface area contributed by atoms with Gasteiger partial charge < -0.3 is 15.5 Å². The molecule has 130 valence electrons. The van der Waals surface area contributed by atoms with Crippen molar-refractivity contribution in [1.29, 1.82) is 0 Å². The van der Waals surface area contributed by atoms with Gasteiger partial charge in [0.15, 0.2) is 5.96 Å². The van der Waals surface area contributed by atoms with E-state index in [0.29, 0.717) is 6.54 Å². The molecule has 23 heavy (non-hydrogen) atoms. The van der Waals surface area contributed by atoms with Gasteiger partial charge in [-0.1, -0.05) is 26.0 Å². The van der Waals surface area contributed by atoms with Gasteiger partial charge in [0.25, 0.3) is 0 Å². The van der Waals surface area contributed by atoms with Gasteiger partial charge in [-0.05, 0) is 51.7 Å². The lowest BCUT2D eigenvalue weighted by molar-refractivity contribution is 0.399. The first-order valence-electron chi connectivity index (χ1n) is 8.28. The maximum Gasteiger partial charge on any atom is 0.191 e. The molecule has 0 fully saturated rings. The Bertz CT molecular complexity index is 498. The molecule has 0 unspecified atom stereocenters. The Hall–Kier alpha value is -1.62. The Balaban J connectivity index is 2.64. The minimum Gasteiger partial charge on any atom is -0.357 e. The summed E-state index contributed by atoms with van der Waals surface area (Å²) in [6.07, 6.45) is 1.06. The van der Waals surface area contributed by atoms with E-state index in [9.17, 15) is 4.39 Å². The number of rotatable bonds is 8. The van der Waals surface area contributed by atoms with E-state index in [4.69, 9.17) is 0 Å². The molecule has 1 rings (SSSR count). The van der Waals surface area contributed by atoms with E-state index >= 15 is 0 Å². The topological polar surface area (TPSA) is 39.7 Å². The Morgan fingerprint density at radius 1 is 1.26 bits per heavy atom. The van der Waals surface area contributed by atoms with Crippen molar-refractivity contribution in [3.63, 3.8) is 0 Å². The Labute approximate surface area is 140 Å². The maximum absolute atomic E-state index is 13.4. The SMILES string of the molecule is CCNC(=NCC(C)(C)c1cccc(F)c1)NCCCN(C)C. The summed E-state index contributed by atoms with van der Waals surface area (Å²) >= 11 is 0. The first-order valence-corrected chi connectivity index (χ1v) is 8.28. The molecule has 0 saturated heterocycles. The Kier molecular flexibility index (Phi) is 8.03. The molecule has 0 heterocycles. The smallest absolute Gasteiger partial charge is 0.191 e. The monoisotopic (exact) mass is 322 g/mol. The van der Waals surface area contributed by atoms with Crippen LogP contribution < -0.4 is 10.6 Å². The second-order valence-corrected chi connectivity index (χ2v) is 6.67. The molecule has 0 spiro atoms. The normalized spacial score (nSPS) is 12.6. The van der Waals surface area contributed by atoms with Gasteiger partial charge in [-0.25, -0.2) is 4.39 Å². The van der Waals surface area contributed by atoms with E-state index < -0.39 is 0 Å². The summed E-state index contributed by atoms with van der Waals surface area (Å²) in [5.74, 6) is 0.615. The van der Waals surface area contributed by atoms with Crippen molar-refractivity contribution in [3.05, 3.63) is 35.6 Å². The third kappa shape index (κ3) is 7.46. The van der Waals surface area contributed by atoms with Crippen molar-refractivity contribution in [2.24, 2.45) is 4.99 Å². The van der Waals surface area contributed by atoms with Crippen LogP contribution in [0.1, 0.15) is 32.8 Å². The van der Waals surface area contributed by atoms with Crippen LogP contribution in [0.3, 0.4) is 0 Å². The van der Waals surface area contributed by atoms with Crippen molar-refractivity contribution >= 4 is 5.96 Å². The van der Waals surface area contributed by atoms with Gasteiger partial charge in [0, 0.05) is 18.5 Å². The molecule has 0 aliphatic rings. The molecule has 0 aromatic heterocycles. The van der Waals surface area contributed by atoms with Gasteiger partial charge in [-0.15, -0.1) is 0 Å². The number of benzene rings is 1. The number of nitrogens with one attached hydrogen (secondary N) is 2. The summed E-state index contributed by atoms with van der Waals surface area (Å²) < 4.78 is 13.4. The summed E-state index contributed by atoms with van der Waals surface area (Å²) in [6.45, 7) is 9.56. The Morgan fingerprint density at radius 2 is 2.00 bits per heavy atom. The number of aliphatic imine (C=N–C) groups is 1. The van der Waals surface area contributed by atoms with Gasteiger partial charge >= 0.3 is 0 Å². The molecular weight excluding hydrogens is 291 g/mol. The van der Waals surface area contributed by atoms with Crippen LogP contribution in [-0.4, -0.2) is 51.1 Å². The van der Waals surface area contributed by atoms with Crippen LogP contribution in [0, 0.1) is 5.82 Å². The van der Waals surface area contributed by atoms with Crippen LogP contribution in [0.2, 0.25) is 0 Å². The molecule has 0 aliphatic carbocycles. The van der Waals surface area contributed by atoms with Crippen LogP contribution in [0.15, 0.2) is 29.3 Å². The minimum atomic E-state index is -0.214. The lowest BCUT2D eigenvalue weighted by atomic mass is 9.85. The predicted octanol–water partition coefficient (Wildman–Crippen LogP) is 2.61. The first kappa shape index (κ1) is 19.4. The molecule has 5 heteroatoms. The van der Waals surface area contributed by atoms with Gasteiger partial charge in [-0.2, -0.15) is 0 Å². The molecule has 4 nitrogen and oxygen atoms in total. The summed E-state index contributed by atoms with van der Waals surface area (Å²) in [6, 6.07) is 6.77. The number of hydrogen-bond donors (Lipinski definition) is 2. The average molecular weight is 322 g/mol. The van der Waals surface area contributed by atoms with Crippen LogP contribution >= 0.6 is 0 Å². The molecule has 0 amide bonds. The zero-order valence-electron chi connectivity index (χ0n) is 15.1. The molecule has 0 atom stereocenters. The summed E-state index contributed by atoms with van der Waals surface area (Å²) in [5, 5.41) is 6.61. The lowest BCUT2D eigenvalue weighted by Gasteiger charge is -2.24. The third-order valence-corrected chi connectivity index (χ3v) is 3.66. The largest absolute Gasteiger partial charge is 0.357 e. The van der Waals surface area contributed by atoms with Crippen LogP contribution in [0.4, 0.5) is 4.39 Å². The fraction of sp³-hybridized carbons (Fsp3) is 0.611. The van der Waals surface area contributed by atoms with Gasteiger partial charge in [0.2, 0.25) is 0 Å². The molecule has 0 saturated carbocycles. The summed E-state index contributed by atoms with van der Waals surface area (Å²) in [4.78, 5) is 6.83. The van der Waals surface area contributed by atoms with Gasteiger partial charge in [0.05, 0.1) is 6.54 Å². The quantitative estimate of drug-likeness (QED) is 0.439. The van der Waals surface area contributed by atoms with Crippen LogP contribution in [0.5, 0.6) is 0 Å². The standard InChI is InChI=1S/C18H31FN4/c1-6-20-17(21-11-8-12-23(4)5)22-14-18(2,3)15-9-7-10-16(19)13-15/h7,9-10,13H,6,8,11-12,14H2,1-5H3,(H2,20,21,22). The third-order valence-electron chi connectivity index (χ3n) is 3.66. The van der Waals surface area contributed by atoms with Gasteiger partial charge in [-0.3, -0.25) is 4.99 Å². The molecule has 2 N–H and O–H groups in total. The molecule has 1 aromatic carbocycles. The maximum atomic E-state index is 13.4. The first-order chi connectivity index (χ1) is 10.8. The van der Waals surface area contributed by atoms with Crippen molar-refractivity contribution in [2.45, 2.75) is 32.6 Å². The van der Waals surface area contributed by atoms with Crippen molar-refractivity contribution in [3.8, 4) is 0 Å². The molecule has 0 aliphatic heterocycles. The van der Waals surface area contributed by atoms with Crippen molar-refractivity contribution in [2.75, 3.05) is 40.3 Å². The molecular formula is C18H31FN4. The number of nitrogens with zero attached hydrogens (tertiary/aromatic N) is 2. The number of hydrogen-bond acceptors (Lipinski definition) is 2. The lowest BCUT2D eigenvalue weighted by Crippen LogP contribution is -2.39. The predicted molar refractivity (Wildman–Crippen MR) is 96.6 cm³/mol. The zero-order chi connectivity index (χ0) is 17.3. The zero-order valence-corrected chi connectivity index (χ0v) is 15.1. The number of halogens is 1. The highest BCUT2D eigenvalue weighted by molar-refractivity contribution is 5.79. The molecule has 0 radical (unpaired) electrons. The fourth-order valence-corrected chi connectivity index (χ4v) is 2.22. The second kappa shape index (κ2) is 9.50. The van der Waals surface area contributed by atoms with E-state index in [1.165, 1.54) is 6.07 Å². The van der Waals surface area contributed by atoms with Gasteiger partial charge in [0.1, 0.15) is 5.82 Å². The van der Waals surface area contributed by atoms with E-state index in [1.807, 2.05) is 6.07 Å². The number of guanidine groups is 1.